The third kappa shape index (κ3) is 4.80. The lowest BCUT2D eigenvalue weighted by molar-refractivity contribution is -0.157. The van der Waals surface area contributed by atoms with Crippen molar-refractivity contribution in [2.45, 2.75) is 26.4 Å². The molecular formula is C14H15NO4. The number of hydrogen-bond donors (Lipinski definition) is 0. The molecule has 0 atom stereocenters. The highest BCUT2D eigenvalue weighted by atomic mass is 16.6. The second-order valence-electron chi connectivity index (χ2n) is 4.86. The Balaban J connectivity index is 2.71. The molecular weight excluding hydrogens is 246 g/mol. The summed E-state index contributed by atoms with van der Waals surface area (Å²) in [7, 11) is 0. The summed E-state index contributed by atoms with van der Waals surface area (Å²) in [6, 6.07) is 6.31. The van der Waals surface area contributed by atoms with Crippen molar-refractivity contribution in [2.24, 2.45) is 0 Å². The molecule has 19 heavy (non-hydrogen) atoms. The number of nitrogens with zero attached hydrogens (tertiary/aromatic N) is 1. The fourth-order valence-electron chi connectivity index (χ4n) is 1.35. The first kappa shape index (κ1) is 14.7. The van der Waals surface area contributed by atoms with E-state index in [4.69, 9.17) is 14.7 Å². The number of carbonyl (C=O) groups is 2. The van der Waals surface area contributed by atoms with Crippen molar-refractivity contribution in [2.75, 3.05) is 6.61 Å². The molecule has 5 heteroatoms. The van der Waals surface area contributed by atoms with Crippen LogP contribution in [0.4, 0.5) is 0 Å². The van der Waals surface area contributed by atoms with Gasteiger partial charge < -0.3 is 9.47 Å². The van der Waals surface area contributed by atoms with Gasteiger partial charge >= 0.3 is 5.97 Å². The molecule has 0 aliphatic carbocycles. The summed E-state index contributed by atoms with van der Waals surface area (Å²) >= 11 is 0. The molecule has 0 N–H and O–H groups in total. The molecule has 0 bridgehead atoms. The Kier molecular flexibility index (Phi) is 4.65. The zero-order valence-corrected chi connectivity index (χ0v) is 11.1. The molecule has 1 aromatic rings. The van der Waals surface area contributed by atoms with Gasteiger partial charge in [-0.25, -0.2) is 4.79 Å². The first-order valence-electron chi connectivity index (χ1n) is 5.69. The van der Waals surface area contributed by atoms with Gasteiger partial charge in [0.2, 0.25) is 0 Å². The van der Waals surface area contributed by atoms with Crippen molar-refractivity contribution in [3.8, 4) is 11.8 Å². The van der Waals surface area contributed by atoms with Crippen LogP contribution in [0.5, 0.6) is 5.75 Å². The minimum atomic E-state index is -0.585. The predicted octanol–water partition coefficient (Wildman–Crippen LogP) is 2.09. The standard InChI is InChI=1S/C14H15NO4/c1-14(2,3)19-13(17)9-18-12-5-4-10(7-15)6-11(12)8-16/h4-6,8H,9H2,1-3H3. The maximum Gasteiger partial charge on any atom is 0.344 e. The topological polar surface area (TPSA) is 76.4 Å². The predicted molar refractivity (Wildman–Crippen MR) is 67.9 cm³/mol. The Morgan fingerprint density at radius 2 is 2.11 bits per heavy atom. The van der Waals surface area contributed by atoms with Crippen LogP contribution in [0.1, 0.15) is 36.7 Å². The summed E-state index contributed by atoms with van der Waals surface area (Å²) < 4.78 is 10.3. The zero-order chi connectivity index (χ0) is 14.5. The quantitative estimate of drug-likeness (QED) is 0.612. The number of nitriles is 1. The van der Waals surface area contributed by atoms with Gasteiger partial charge in [-0.05, 0) is 39.0 Å². The summed E-state index contributed by atoms with van der Waals surface area (Å²) in [6.45, 7) is 4.97. The monoisotopic (exact) mass is 261 g/mol. The first-order chi connectivity index (χ1) is 8.85. The van der Waals surface area contributed by atoms with E-state index in [9.17, 15) is 9.59 Å². The molecule has 100 valence electrons. The maximum absolute atomic E-state index is 11.5. The van der Waals surface area contributed by atoms with E-state index in [1.165, 1.54) is 18.2 Å². The van der Waals surface area contributed by atoms with Crippen molar-refractivity contribution >= 4 is 12.3 Å². The lowest BCUT2D eigenvalue weighted by Gasteiger charge is -2.19. The average molecular weight is 261 g/mol. The third-order valence-corrected chi connectivity index (χ3v) is 2.03. The van der Waals surface area contributed by atoms with Gasteiger partial charge in [-0.1, -0.05) is 0 Å². The number of rotatable bonds is 4. The van der Waals surface area contributed by atoms with Crippen molar-refractivity contribution in [3.63, 3.8) is 0 Å². The molecule has 1 rings (SSSR count). The summed E-state index contributed by atoms with van der Waals surface area (Å²) in [6.07, 6.45) is 0.575. The average Bonchev–Trinajstić information content (AvgIpc) is 2.34. The molecule has 0 aromatic heterocycles. The van der Waals surface area contributed by atoms with Crippen LogP contribution in [-0.4, -0.2) is 24.5 Å². The highest BCUT2D eigenvalue weighted by Crippen LogP contribution is 2.18. The van der Waals surface area contributed by atoms with Crippen LogP contribution in [0.25, 0.3) is 0 Å². The van der Waals surface area contributed by atoms with Crippen LogP contribution >= 0.6 is 0 Å². The van der Waals surface area contributed by atoms with Gasteiger partial charge in [0, 0.05) is 0 Å². The molecule has 0 aliphatic heterocycles. The number of aldehydes is 1. The zero-order valence-electron chi connectivity index (χ0n) is 11.1. The number of carbonyl (C=O) groups excluding carboxylic acids is 2. The molecule has 0 heterocycles. The second-order valence-corrected chi connectivity index (χ2v) is 4.86. The Labute approximate surface area is 111 Å². The van der Waals surface area contributed by atoms with Crippen molar-refractivity contribution in [1.82, 2.24) is 0 Å². The summed E-state index contributed by atoms with van der Waals surface area (Å²) in [5.41, 5.74) is -0.00664. The van der Waals surface area contributed by atoms with Crippen LogP contribution in [0.15, 0.2) is 18.2 Å². The highest BCUT2D eigenvalue weighted by Gasteiger charge is 2.17. The van der Waals surface area contributed by atoms with Crippen LogP contribution in [-0.2, 0) is 9.53 Å². The van der Waals surface area contributed by atoms with E-state index in [0.717, 1.165) is 0 Å². The lowest BCUT2D eigenvalue weighted by atomic mass is 10.1. The van der Waals surface area contributed by atoms with Crippen LogP contribution in [0.3, 0.4) is 0 Å². The van der Waals surface area contributed by atoms with Crippen LogP contribution < -0.4 is 4.74 Å². The van der Waals surface area contributed by atoms with Gasteiger partial charge in [0.25, 0.3) is 0 Å². The van der Waals surface area contributed by atoms with Crippen molar-refractivity contribution < 1.29 is 19.1 Å². The molecule has 0 aliphatic rings. The normalized spacial score (nSPS) is 10.4. The Morgan fingerprint density at radius 1 is 1.42 bits per heavy atom. The van der Waals surface area contributed by atoms with Crippen molar-refractivity contribution in [1.29, 1.82) is 5.26 Å². The number of esters is 1. The van der Waals surface area contributed by atoms with E-state index in [1.54, 1.807) is 20.8 Å². The van der Waals surface area contributed by atoms with Gasteiger partial charge in [-0.15, -0.1) is 0 Å². The third-order valence-electron chi connectivity index (χ3n) is 2.03. The smallest absolute Gasteiger partial charge is 0.344 e. The highest BCUT2D eigenvalue weighted by molar-refractivity contribution is 5.80. The van der Waals surface area contributed by atoms with E-state index >= 15 is 0 Å². The molecule has 5 nitrogen and oxygen atoms in total. The minimum Gasteiger partial charge on any atom is -0.481 e. The van der Waals surface area contributed by atoms with E-state index < -0.39 is 11.6 Å². The second kappa shape index (κ2) is 6.01. The summed E-state index contributed by atoms with van der Waals surface area (Å²) in [4.78, 5) is 22.3. The molecule has 0 saturated carbocycles. The van der Waals surface area contributed by atoms with E-state index in [-0.39, 0.29) is 17.9 Å². The van der Waals surface area contributed by atoms with E-state index in [2.05, 4.69) is 0 Å². The molecule has 0 spiro atoms. The molecule has 0 radical (unpaired) electrons. The van der Waals surface area contributed by atoms with Gasteiger partial charge in [-0.2, -0.15) is 5.26 Å². The minimum absolute atomic E-state index is 0.225. The SMILES string of the molecule is CC(C)(C)OC(=O)COc1ccc(C#N)cc1C=O. The molecule has 1 aromatic carbocycles. The number of hydrogen-bond acceptors (Lipinski definition) is 5. The molecule has 0 fully saturated rings. The maximum atomic E-state index is 11.5. The summed E-state index contributed by atoms with van der Waals surface area (Å²) in [5.74, 6) is -0.270. The van der Waals surface area contributed by atoms with E-state index in [0.29, 0.717) is 11.8 Å². The summed E-state index contributed by atoms with van der Waals surface area (Å²) in [5, 5.41) is 8.71. The van der Waals surface area contributed by atoms with Crippen LogP contribution in [0.2, 0.25) is 0 Å². The Hall–Kier alpha value is -2.35. The largest absolute Gasteiger partial charge is 0.481 e. The van der Waals surface area contributed by atoms with Crippen molar-refractivity contribution in [3.05, 3.63) is 29.3 Å². The van der Waals surface area contributed by atoms with Crippen LogP contribution in [0, 0.1) is 11.3 Å². The molecule has 0 amide bonds. The first-order valence-corrected chi connectivity index (χ1v) is 5.69. The van der Waals surface area contributed by atoms with Gasteiger partial charge in [0.1, 0.15) is 11.4 Å². The lowest BCUT2D eigenvalue weighted by Crippen LogP contribution is -2.27. The Bertz CT molecular complexity index is 523. The molecule has 0 saturated heterocycles. The Morgan fingerprint density at radius 3 is 2.63 bits per heavy atom. The molecule has 0 unspecified atom stereocenters. The fourth-order valence-corrected chi connectivity index (χ4v) is 1.35. The van der Waals surface area contributed by atoms with Gasteiger partial charge in [0.05, 0.1) is 17.2 Å². The van der Waals surface area contributed by atoms with Gasteiger partial charge in [-0.3, -0.25) is 4.79 Å². The van der Waals surface area contributed by atoms with Gasteiger partial charge in [0.15, 0.2) is 12.9 Å². The van der Waals surface area contributed by atoms with E-state index in [1.807, 2.05) is 6.07 Å². The number of benzene rings is 1. The number of ether oxygens (including phenoxy) is 2. The fraction of sp³-hybridized carbons (Fsp3) is 0.357.